The number of rotatable bonds is 3. The Bertz CT molecular complexity index is 1000. The van der Waals surface area contributed by atoms with E-state index in [1.165, 1.54) is 18.3 Å². The van der Waals surface area contributed by atoms with Crippen LogP contribution in [0.25, 0.3) is 22.5 Å². The molecule has 28 heavy (non-hydrogen) atoms. The highest BCUT2D eigenvalue weighted by Crippen LogP contribution is 2.41. The summed E-state index contributed by atoms with van der Waals surface area (Å²) in [7, 11) is 0. The first-order chi connectivity index (χ1) is 13.3. The molecule has 1 aliphatic rings. The smallest absolute Gasteiger partial charge is 0.325 e. The minimum Gasteiger partial charge on any atom is -0.325 e. The first-order valence-corrected chi connectivity index (χ1v) is 9.23. The molecule has 3 aromatic rings. The van der Waals surface area contributed by atoms with Crippen LogP contribution in [0.4, 0.5) is 17.6 Å². The van der Waals surface area contributed by atoms with Crippen molar-refractivity contribution in [1.82, 2.24) is 14.5 Å². The van der Waals surface area contributed by atoms with Crippen LogP contribution in [-0.2, 0) is 6.18 Å². The number of alkyl halides is 3. The van der Waals surface area contributed by atoms with Gasteiger partial charge in [0.05, 0.1) is 17.0 Å². The lowest BCUT2D eigenvalue weighted by Crippen LogP contribution is -2.09. The molecule has 1 saturated carbocycles. The lowest BCUT2D eigenvalue weighted by molar-refractivity contribution is -0.137. The highest BCUT2D eigenvalue weighted by Gasteiger charge is 2.32. The molecule has 0 spiro atoms. The van der Waals surface area contributed by atoms with Crippen molar-refractivity contribution in [3.63, 3.8) is 0 Å². The molecule has 1 aliphatic carbocycles. The summed E-state index contributed by atoms with van der Waals surface area (Å²) in [4.78, 5) is 8.21. The molecule has 0 amide bonds. The Morgan fingerprint density at radius 1 is 1.04 bits per heavy atom. The van der Waals surface area contributed by atoms with Gasteiger partial charge in [0, 0.05) is 29.4 Å². The Balaban J connectivity index is 1.94. The lowest BCUT2D eigenvalue weighted by atomic mass is 10.0. The Kier molecular flexibility index (Phi) is 4.69. The number of benzene rings is 1. The first-order valence-electron chi connectivity index (χ1n) is 9.23. The molecule has 0 bridgehead atoms. The third kappa shape index (κ3) is 3.41. The van der Waals surface area contributed by atoms with Crippen LogP contribution in [-0.4, -0.2) is 14.5 Å². The summed E-state index contributed by atoms with van der Waals surface area (Å²) in [5.74, 6) is 0.0795. The number of aryl methyl sites for hydroxylation is 1. The van der Waals surface area contributed by atoms with Crippen LogP contribution in [0.2, 0.25) is 0 Å². The van der Waals surface area contributed by atoms with Gasteiger partial charge in [0.15, 0.2) is 0 Å². The van der Waals surface area contributed by atoms with E-state index >= 15 is 0 Å². The topological polar surface area (TPSA) is 30.7 Å². The van der Waals surface area contributed by atoms with Gasteiger partial charge >= 0.3 is 6.18 Å². The highest BCUT2D eigenvalue weighted by molar-refractivity contribution is 5.79. The van der Waals surface area contributed by atoms with Crippen molar-refractivity contribution in [3.05, 3.63) is 59.9 Å². The molecule has 0 N–H and O–H groups in total. The summed E-state index contributed by atoms with van der Waals surface area (Å²) >= 11 is 0. The molecular formula is C21H19F4N3. The molecule has 2 heterocycles. The van der Waals surface area contributed by atoms with Crippen molar-refractivity contribution in [1.29, 1.82) is 0 Å². The summed E-state index contributed by atoms with van der Waals surface area (Å²) in [5, 5.41) is 0. The van der Waals surface area contributed by atoms with Gasteiger partial charge in [-0.3, -0.25) is 0 Å². The molecule has 0 saturated heterocycles. The predicted octanol–water partition coefficient (Wildman–Crippen LogP) is 6.19. The number of aromatic nitrogens is 3. The monoisotopic (exact) mass is 389 g/mol. The molecule has 1 fully saturated rings. The van der Waals surface area contributed by atoms with E-state index in [-0.39, 0.29) is 6.04 Å². The standard InChI is InChI=1S/C21H19F4N3/c1-13-27-19(14-5-4-6-16(11-14)21(23,24)25)20(15-9-10-26-18(22)12-15)28(13)17-7-2-3-8-17/h4-6,9-12,17H,2-3,7-8H2,1H3. The van der Waals surface area contributed by atoms with Gasteiger partial charge in [0.2, 0.25) is 5.95 Å². The van der Waals surface area contributed by atoms with Crippen LogP contribution in [0.15, 0.2) is 42.6 Å². The number of imidazole rings is 1. The van der Waals surface area contributed by atoms with Crippen LogP contribution in [0.1, 0.15) is 43.1 Å². The zero-order valence-corrected chi connectivity index (χ0v) is 15.3. The molecule has 3 nitrogen and oxygen atoms in total. The minimum atomic E-state index is -4.44. The second-order valence-corrected chi connectivity index (χ2v) is 7.11. The van der Waals surface area contributed by atoms with E-state index in [1.807, 2.05) is 6.92 Å². The molecule has 146 valence electrons. The molecule has 0 atom stereocenters. The van der Waals surface area contributed by atoms with Gasteiger partial charge in [0.1, 0.15) is 5.82 Å². The molecule has 0 unspecified atom stereocenters. The van der Waals surface area contributed by atoms with Crippen LogP contribution >= 0.6 is 0 Å². The van der Waals surface area contributed by atoms with Crippen molar-refractivity contribution in [2.24, 2.45) is 0 Å². The van der Waals surface area contributed by atoms with E-state index in [0.717, 1.165) is 37.8 Å². The van der Waals surface area contributed by atoms with Crippen molar-refractivity contribution in [2.75, 3.05) is 0 Å². The zero-order chi connectivity index (χ0) is 19.9. The van der Waals surface area contributed by atoms with E-state index in [4.69, 9.17) is 0 Å². The van der Waals surface area contributed by atoms with E-state index in [0.29, 0.717) is 28.3 Å². The third-order valence-electron chi connectivity index (χ3n) is 5.24. The van der Waals surface area contributed by atoms with Crippen molar-refractivity contribution >= 4 is 0 Å². The predicted molar refractivity (Wildman–Crippen MR) is 98.1 cm³/mol. The SMILES string of the molecule is Cc1nc(-c2cccc(C(F)(F)F)c2)c(-c2ccnc(F)c2)n1C1CCCC1. The first kappa shape index (κ1) is 18.7. The van der Waals surface area contributed by atoms with Crippen molar-refractivity contribution in [3.8, 4) is 22.5 Å². The summed E-state index contributed by atoms with van der Waals surface area (Å²) in [5.41, 5.74) is 1.27. The van der Waals surface area contributed by atoms with Gasteiger partial charge < -0.3 is 4.57 Å². The summed E-state index contributed by atoms with van der Waals surface area (Å²) < 4.78 is 55.5. The van der Waals surface area contributed by atoms with Gasteiger partial charge in [-0.2, -0.15) is 17.6 Å². The number of nitrogens with zero attached hydrogens (tertiary/aromatic N) is 3. The van der Waals surface area contributed by atoms with Gasteiger partial charge in [-0.05, 0) is 38.0 Å². The summed E-state index contributed by atoms with van der Waals surface area (Å²) in [6.45, 7) is 1.84. The van der Waals surface area contributed by atoms with Crippen LogP contribution in [0.5, 0.6) is 0 Å². The fourth-order valence-electron chi connectivity index (χ4n) is 4.02. The number of halogens is 4. The van der Waals surface area contributed by atoms with Gasteiger partial charge in [-0.25, -0.2) is 9.97 Å². The average Bonchev–Trinajstić information content (AvgIpc) is 3.28. The Morgan fingerprint density at radius 2 is 1.79 bits per heavy atom. The third-order valence-corrected chi connectivity index (χ3v) is 5.24. The normalized spacial score (nSPS) is 15.3. The molecule has 0 aliphatic heterocycles. The van der Waals surface area contributed by atoms with Gasteiger partial charge in [-0.1, -0.05) is 25.0 Å². The zero-order valence-electron chi connectivity index (χ0n) is 15.3. The van der Waals surface area contributed by atoms with Crippen LogP contribution < -0.4 is 0 Å². The lowest BCUT2D eigenvalue weighted by Gasteiger charge is -2.18. The van der Waals surface area contributed by atoms with Gasteiger partial charge in [0.25, 0.3) is 0 Å². The van der Waals surface area contributed by atoms with E-state index in [2.05, 4.69) is 14.5 Å². The fourth-order valence-corrected chi connectivity index (χ4v) is 4.02. The molecule has 4 rings (SSSR count). The average molecular weight is 389 g/mol. The second-order valence-electron chi connectivity index (χ2n) is 7.11. The van der Waals surface area contributed by atoms with Crippen LogP contribution in [0, 0.1) is 12.9 Å². The maximum absolute atomic E-state index is 13.8. The summed E-state index contributed by atoms with van der Waals surface area (Å²) in [6, 6.07) is 8.30. The molecule has 7 heteroatoms. The van der Waals surface area contributed by atoms with Crippen molar-refractivity contribution < 1.29 is 17.6 Å². The largest absolute Gasteiger partial charge is 0.416 e. The number of hydrogen-bond acceptors (Lipinski definition) is 2. The number of hydrogen-bond donors (Lipinski definition) is 0. The van der Waals surface area contributed by atoms with Crippen molar-refractivity contribution in [2.45, 2.75) is 44.8 Å². The Morgan fingerprint density at radius 3 is 2.46 bits per heavy atom. The van der Waals surface area contributed by atoms with E-state index in [1.54, 1.807) is 12.1 Å². The van der Waals surface area contributed by atoms with Crippen LogP contribution in [0.3, 0.4) is 0 Å². The van der Waals surface area contributed by atoms with Gasteiger partial charge in [-0.15, -0.1) is 0 Å². The minimum absolute atomic E-state index is 0.207. The quantitative estimate of drug-likeness (QED) is 0.395. The Labute approximate surface area is 160 Å². The maximum Gasteiger partial charge on any atom is 0.416 e. The second kappa shape index (κ2) is 7.04. The highest BCUT2D eigenvalue weighted by atomic mass is 19.4. The fraction of sp³-hybridized carbons (Fsp3) is 0.333. The molecule has 1 aromatic carbocycles. The molecule has 0 radical (unpaired) electrons. The molecular weight excluding hydrogens is 370 g/mol. The van der Waals surface area contributed by atoms with E-state index in [9.17, 15) is 17.6 Å². The Hall–Kier alpha value is -2.70. The maximum atomic E-state index is 13.8. The van der Waals surface area contributed by atoms with E-state index < -0.39 is 17.7 Å². The number of pyridine rings is 1. The summed E-state index contributed by atoms with van der Waals surface area (Å²) in [6.07, 6.45) is 1.04. The molecule has 2 aromatic heterocycles.